The van der Waals surface area contributed by atoms with Gasteiger partial charge in [-0.05, 0) is 43.1 Å². The number of hydrogen-bond acceptors (Lipinski definition) is 3. The van der Waals surface area contributed by atoms with E-state index in [1.807, 2.05) is 11.0 Å². The smallest absolute Gasteiger partial charge is 0.254 e. The number of carbonyl (C=O) groups is 1. The van der Waals surface area contributed by atoms with Gasteiger partial charge in [0.15, 0.2) is 0 Å². The fourth-order valence-electron chi connectivity index (χ4n) is 3.93. The van der Waals surface area contributed by atoms with Gasteiger partial charge >= 0.3 is 0 Å². The number of pyridine rings is 1. The van der Waals surface area contributed by atoms with Crippen LogP contribution in [0.3, 0.4) is 0 Å². The molecule has 2 heterocycles. The fraction of sp³-hybridized carbons (Fsp3) is 0.647. The molecule has 1 saturated heterocycles. The van der Waals surface area contributed by atoms with Crippen molar-refractivity contribution in [3.63, 3.8) is 0 Å². The lowest BCUT2D eigenvalue weighted by atomic mass is 9.98. The summed E-state index contributed by atoms with van der Waals surface area (Å²) in [5.74, 6) is 1.38. The normalized spacial score (nSPS) is 27.5. The van der Waals surface area contributed by atoms with Gasteiger partial charge in [0.1, 0.15) is 0 Å². The Balaban J connectivity index is 1.78. The first-order valence-corrected chi connectivity index (χ1v) is 8.22. The molecule has 0 aromatic carbocycles. The van der Waals surface area contributed by atoms with Gasteiger partial charge in [-0.15, -0.1) is 0 Å². The highest BCUT2D eigenvalue weighted by Gasteiger charge is 2.42. The molecule has 3 atom stereocenters. The SMILES string of the molecule is CC(C)Cc1cc(C(=O)N2CC3CCC(N)C3C2)cc(=O)[nH]1. The van der Waals surface area contributed by atoms with Gasteiger partial charge in [0.2, 0.25) is 5.56 Å². The topological polar surface area (TPSA) is 79.2 Å². The Morgan fingerprint density at radius 1 is 1.36 bits per heavy atom. The maximum Gasteiger partial charge on any atom is 0.254 e. The summed E-state index contributed by atoms with van der Waals surface area (Å²) in [7, 11) is 0. The molecular formula is C17H25N3O2. The fourth-order valence-corrected chi connectivity index (χ4v) is 3.93. The Bertz CT molecular complexity index is 623. The van der Waals surface area contributed by atoms with Gasteiger partial charge in [-0.2, -0.15) is 0 Å². The highest BCUT2D eigenvalue weighted by atomic mass is 16.2. The standard InChI is InChI=1S/C17H25N3O2/c1-10(2)5-13-6-12(7-16(21)19-13)17(22)20-8-11-3-4-15(18)14(11)9-20/h6-7,10-11,14-15H,3-5,8-9,18H2,1-2H3,(H,19,21). The highest BCUT2D eigenvalue weighted by molar-refractivity contribution is 5.94. The summed E-state index contributed by atoms with van der Waals surface area (Å²) in [6, 6.07) is 3.47. The predicted octanol–water partition coefficient (Wildman–Crippen LogP) is 1.38. The summed E-state index contributed by atoms with van der Waals surface area (Å²) < 4.78 is 0. The van der Waals surface area contributed by atoms with E-state index in [9.17, 15) is 9.59 Å². The van der Waals surface area contributed by atoms with Crippen LogP contribution in [0.5, 0.6) is 0 Å². The van der Waals surface area contributed by atoms with Crippen LogP contribution in [0.1, 0.15) is 42.7 Å². The number of H-pyrrole nitrogens is 1. The number of fused-ring (bicyclic) bond motifs is 1. The summed E-state index contributed by atoms with van der Waals surface area (Å²) in [5, 5.41) is 0. The van der Waals surface area contributed by atoms with Crippen LogP contribution in [0.25, 0.3) is 0 Å². The molecular weight excluding hydrogens is 278 g/mol. The largest absolute Gasteiger partial charge is 0.338 e. The van der Waals surface area contributed by atoms with E-state index in [2.05, 4.69) is 18.8 Å². The molecule has 2 fully saturated rings. The molecule has 3 N–H and O–H groups in total. The number of rotatable bonds is 3. The van der Waals surface area contributed by atoms with Crippen LogP contribution in [0.2, 0.25) is 0 Å². The molecule has 1 saturated carbocycles. The second kappa shape index (κ2) is 5.88. The van der Waals surface area contributed by atoms with E-state index < -0.39 is 0 Å². The molecule has 2 aliphatic rings. The van der Waals surface area contributed by atoms with Crippen molar-refractivity contribution in [3.8, 4) is 0 Å². The van der Waals surface area contributed by atoms with E-state index in [0.29, 0.717) is 23.3 Å². The molecule has 1 aliphatic heterocycles. The number of aromatic nitrogens is 1. The third-order valence-electron chi connectivity index (χ3n) is 4.97. The lowest BCUT2D eigenvalue weighted by Crippen LogP contribution is -2.34. The minimum atomic E-state index is -0.197. The van der Waals surface area contributed by atoms with Crippen LogP contribution in [0.15, 0.2) is 16.9 Å². The molecule has 3 rings (SSSR count). The Labute approximate surface area is 130 Å². The molecule has 1 aromatic heterocycles. The third kappa shape index (κ3) is 2.95. The summed E-state index contributed by atoms with van der Waals surface area (Å²) in [6.07, 6.45) is 2.96. The number of carbonyl (C=O) groups excluding carboxylic acids is 1. The molecule has 0 spiro atoms. The van der Waals surface area contributed by atoms with Crippen molar-refractivity contribution >= 4 is 5.91 Å². The molecule has 22 heavy (non-hydrogen) atoms. The molecule has 1 amide bonds. The molecule has 5 heteroatoms. The predicted molar refractivity (Wildman–Crippen MR) is 85.7 cm³/mol. The number of nitrogens with two attached hydrogens (primary N) is 1. The quantitative estimate of drug-likeness (QED) is 0.885. The molecule has 0 bridgehead atoms. The van der Waals surface area contributed by atoms with E-state index in [0.717, 1.165) is 38.0 Å². The first-order valence-electron chi connectivity index (χ1n) is 8.22. The first-order chi connectivity index (χ1) is 10.4. The second-order valence-corrected chi connectivity index (χ2v) is 7.23. The van der Waals surface area contributed by atoms with Crippen LogP contribution in [0, 0.1) is 17.8 Å². The van der Waals surface area contributed by atoms with E-state index in [1.165, 1.54) is 6.07 Å². The van der Waals surface area contributed by atoms with Gasteiger partial charge < -0.3 is 15.6 Å². The summed E-state index contributed by atoms with van der Waals surface area (Å²) in [6.45, 7) is 5.70. The Kier molecular flexibility index (Phi) is 4.08. The van der Waals surface area contributed by atoms with E-state index in [-0.39, 0.29) is 17.5 Å². The zero-order valence-corrected chi connectivity index (χ0v) is 13.3. The lowest BCUT2D eigenvalue weighted by molar-refractivity contribution is 0.0779. The molecule has 120 valence electrons. The van der Waals surface area contributed by atoms with Crippen molar-refractivity contribution in [3.05, 3.63) is 33.7 Å². The molecule has 1 aliphatic carbocycles. The minimum absolute atomic E-state index is 0.0299. The average molecular weight is 303 g/mol. The maximum absolute atomic E-state index is 12.7. The number of nitrogens with one attached hydrogen (secondary N) is 1. The minimum Gasteiger partial charge on any atom is -0.338 e. The van der Waals surface area contributed by atoms with Crippen molar-refractivity contribution < 1.29 is 4.79 Å². The Morgan fingerprint density at radius 2 is 2.14 bits per heavy atom. The van der Waals surface area contributed by atoms with Gasteiger partial charge in [0.05, 0.1) is 0 Å². The van der Waals surface area contributed by atoms with Crippen molar-refractivity contribution in [2.24, 2.45) is 23.5 Å². The first kappa shape index (κ1) is 15.3. The number of nitrogens with zero attached hydrogens (tertiary/aromatic N) is 1. The highest BCUT2D eigenvalue weighted by Crippen LogP contribution is 2.37. The van der Waals surface area contributed by atoms with Crippen LogP contribution in [0.4, 0.5) is 0 Å². The van der Waals surface area contributed by atoms with Crippen molar-refractivity contribution in [2.75, 3.05) is 13.1 Å². The molecule has 5 nitrogen and oxygen atoms in total. The summed E-state index contributed by atoms with van der Waals surface area (Å²) >= 11 is 0. The molecule has 3 unspecified atom stereocenters. The number of amides is 1. The summed E-state index contributed by atoms with van der Waals surface area (Å²) in [5.41, 5.74) is 7.28. The van der Waals surface area contributed by atoms with Gasteiger partial charge in [0, 0.05) is 36.5 Å². The van der Waals surface area contributed by atoms with E-state index >= 15 is 0 Å². The van der Waals surface area contributed by atoms with Crippen LogP contribution in [-0.4, -0.2) is 34.9 Å². The van der Waals surface area contributed by atoms with Gasteiger partial charge in [-0.1, -0.05) is 13.8 Å². The Morgan fingerprint density at radius 3 is 2.82 bits per heavy atom. The maximum atomic E-state index is 12.7. The molecule has 0 radical (unpaired) electrons. The van der Waals surface area contributed by atoms with Gasteiger partial charge in [0.25, 0.3) is 5.91 Å². The number of aromatic amines is 1. The van der Waals surface area contributed by atoms with E-state index in [1.54, 1.807) is 0 Å². The van der Waals surface area contributed by atoms with Gasteiger partial charge in [-0.25, -0.2) is 0 Å². The van der Waals surface area contributed by atoms with Crippen molar-refractivity contribution in [1.82, 2.24) is 9.88 Å². The van der Waals surface area contributed by atoms with Crippen LogP contribution in [-0.2, 0) is 6.42 Å². The van der Waals surface area contributed by atoms with Crippen LogP contribution < -0.4 is 11.3 Å². The third-order valence-corrected chi connectivity index (χ3v) is 4.97. The number of hydrogen-bond donors (Lipinski definition) is 2. The van der Waals surface area contributed by atoms with Crippen molar-refractivity contribution in [2.45, 2.75) is 39.2 Å². The average Bonchev–Trinajstić information content (AvgIpc) is 2.99. The Hall–Kier alpha value is -1.62. The lowest BCUT2D eigenvalue weighted by Gasteiger charge is -2.19. The summed E-state index contributed by atoms with van der Waals surface area (Å²) in [4.78, 5) is 29.2. The number of likely N-dealkylation sites (tertiary alicyclic amines) is 1. The monoisotopic (exact) mass is 303 g/mol. The van der Waals surface area contributed by atoms with Gasteiger partial charge in [-0.3, -0.25) is 9.59 Å². The van der Waals surface area contributed by atoms with E-state index in [4.69, 9.17) is 5.73 Å². The second-order valence-electron chi connectivity index (χ2n) is 7.23. The van der Waals surface area contributed by atoms with Crippen molar-refractivity contribution in [1.29, 1.82) is 0 Å². The molecule has 1 aromatic rings. The zero-order valence-electron chi connectivity index (χ0n) is 13.3. The zero-order chi connectivity index (χ0) is 15.9. The van der Waals surface area contributed by atoms with Crippen LogP contribution >= 0.6 is 0 Å².